The van der Waals surface area contributed by atoms with E-state index in [-0.39, 0.29) is 5.75 Å². The Kier molecular flexibility index (Phi) is 3.56. The molecule has 16 heavy (non-hydrogen) atoms. The summed E-state index contributed by atoms with van der Waals surface area (Å²) in [6.07, 6.45) is -4.50. The number of anilines is 1. The summed E-state index contributed by atoms with van der Waals surface area (Å²) < 4.78 is 66.1. The third-order valence-electron chi connectivity index (χ3n) is 1.72. The predicted octanol–water partition coefficient (Wildman–Crippen LogP) is 2.95. The van der Waals surface area contributed by atoms with Crippen molar-refractivity contribution >= 4 is 5.69 Å². The summed E-state index contributed by atoms with van der Waals surface area (Å²) in [5, 5.41) is 1.75. The molecule has 0 spiro atoms. The van der Waals surface area contributed by atoms with Crippen LogP contribution in [0.3, 0.4) is 0 Å². The zero-order chi connectivity index (χ0) is 12.3. The van der Waals surface area contributed by atoms with Crippen LogP contribution >= 0.6 is 0 Å². The normalized spacial score (nSPS) is 11.4. The Morgan fingerprint density at radius 2 is 1.81 bits per heavy atom. The molecule has 0 heterocycles. The van der Waals surface area contributed by atoms with Gasteiger partial charge in [-0.1, -0.05) is 0 Å². The number of hydrogen-bond acceptors (Lipinski definition) is 2. The van der Waals surface area contributed by atoms with E-state index in [0.717, 1.165) is 7.11 Å². The molecule has 1 aromatic carbocycles. The van der Waals surface area contributed by atoms with Crippen molar-refractivity contribution in [3.8, 4) is 5.75 Å². The lowest BCUT2D eigenvalue weighted by Gasteiger charge is -2.11. The first kappa shape index (κ1) is 12.5. The second-order valence-electron chi connectivity index (χ2n) is 2.94. The fourth-order valence-electron chi connectivity index (χ4n) is 1.02. The molecule has 1 aromatic rings. The summed E-state index contributed by atoms with van der Waals surface area (Å²) in [5.74, 6) is -2.31. The molecule has 1 N–H and O–H groups in total. The fraction of sp³-hybridized carbons (Fsp3) is 0.333. The molecule has 0 aromatic heterocycles. The first-order valence-corrected chi connectivity index (χ1v) is 4.17. The van der Waals surface area contributed by atoms with Crippen LogP contribution in [0.1, 0.15) is 0 Å². The minimum absolute atomic E-state index is 0.366. The Hall–Kier alpha value is -1.53. The van der Waals surface area contributed by atoms with E-state index in [9.17, 15) is 22.0 Å². The Morgan fingerprint density at radius 3 is 2.31 bits per heavy atom. The molecule has 0 unspecified atom stereocenters. The Morgan fingerprint density at radius 1 is 1.19 bits per heavy atom. The smallest absolute Gasteiger partial charge is 0.405 e. The summed E-state index contributed by atoms with van der Waals surface area (Å²) >= 11 is 0. The van der Waals surface area contributed by atoms with E-state index in [1.807, 2.05) is 0 Å². The molecular weight excluding hydrogens is 233 g/mol. The Bertz CT molecular complexity index is 377. The molecule has 0 fully saturated rings. The van der Waals surface area contributed by atoms with Crippen LogP contribution in [0.2, 0.25) is 0 Å². The summed E-state index contributed by atoms with van der Waals surface area (Å²) in [5.41, 5.74) is -0.560. The van der Waals surface area contributed by atoms with Crippen molar-refractivity contribution in [1.29, 1.82) is 0 Å². The minimum atomic E-state index is -4.50. The second-order valence-corrected chi connectivity index (χ2v) is 2.94. The lowest BCUT2D eigenvalue weighted by molar-refractivity contribution is -0.115. The van der Waals surface area contributed by atoms with Crippen molar-refractivity contribution in [2.75, 3.05) is 19.0 Å². The topological polar surface area (TPSA) is 21.3 Å². The van der Waals surface area contributed by atoms with Gasteiger partial charge in [0.15, 0.2) is 11.6 Å². The van der Waals surface area contributed by atoms with Crippen LogP contribution in [0.5, 0.6) is 5.75 Å². The highest BCUT2D eigenvalue weighted by molar-refractivity contribution is 5.49. The van der Waals surface area contributed by atoms with Crippen LogP contribution in [0.15, 0.2) is 12.1 Å². The van der Waals surface area contributed by atoms with E-state index in [1.165, 1.54) is 0 Å². The van der Waals surface area contributed by atoms with E-state index in [0.29, 0.717) is 12.1 Å². The molecule has 0 amide bonds. The van der Waals surface area contributed by atoms with E-state index < -0.39 is 30.0 Å². The number of benzene rings is 1. The third kappa shape index (κ3) is 3.25. The largest absolute Gasteiger partial charge is 0.494 e. The number of methoxy groups -OCH3 is 1. The quantitative estimate of drug-likeness (QED) is 0.821. The summed E-state index contributed by atoms with van der Waals surface area (Å²) in [7, 11) is 1.13. The van der Waals surface area contributed by atoms with E-state index in [2.05, 4.69) is 4.74 Å². The number of halogens is 5. The van der Waals surface area contributed by atoms with Gasteiger partial charge in [0.1, 0.15) is 12.4 Å². The zero-order valence-electron chi connectivity index (χ0n) is 8.16. The monoisotopic (exact) mass is 241 g/mol. The lowest BCUT2D eigenvalue weighted by Crippen LogP contribution is -2.21. The minimum Gasteiger partial charge on any atom is -0.494 e. The van der Waals surface area contributed by atoms with E-state index in [1.54, 1.807) is 5.32 Å². The fourth-order valence-corrected chi connectivity index (χ4v) is 1.02. The van der Waals surface area contributed by atoms with Crippen LogP contribution in [0.25, 0.3) is 0 Å². The molecule has 0 aliphatic carbocycles. The van der Waals surface area contributed by atoms with Gasteiger partial charge in [0.2, 0.25) is 0 Å². The summed E-state index contributed by atoms with van der Waals surface area (Å²) in [4.78, 5) is 0. The van der Waals surface area contributed by atoms with Crippen molar-refractivity contribution in [2.24, 2.45) is 0 Å². The Labute approximate surface area is 88.0 Å². The van der Waals surface area contributed by atoms with E-state index in [4.69, 9.17) is 0 Å². The van der Waals surface area contributed by atoms with Gasteiger partial charge in [-0.05, 0) is 0 Å². The highest BCUT2D eigenvalue weighted by Crippen LogP contribution is 2.25. The maximum absolute atomic E-state index is 13.1. The van der Waals surface area contributed by atoms with Crippen molar-refractivity contribution < 1.29 is 26.7 Å². The molecule has 90 valence electrons. The molecule has 0 saturated heterocycles. The molecule has 0 aliphatic heterocycles. The van der Waals surface area contributed by atoms with Crippen molar-refractivity contribution in [1.82, 2.24) is 0 Å². The number of alkyl halides is 3. The molecule has 0 atom stereocenters. The van der Waals surface area contributed by atoms with Crippen molar-refractivity contribution in [3.63, 3.8) is 0 Å². The molecule has 0 aliphatic rings. The van der Waals surface area contributed by atoms with Gasteiger partial charge in [-0.25, -0.2) is 8.78 Å². The van der Waals surface area contributed by atoms with Gasteiger partial charge in [-0.3, -0.25) is 0 Å². The zero-order valence-corrected chi connectivity index (χ0v) is 8.16. The van der Waals surface area contributed by atoms with Crippen LogP contribution in [0.4, 0.5) is 27.6 Å². The van der Waals surface area contributed by atoms with Crippen LogP contribution in [-0.2, 0) is 0 Å². The first-order valence-electron chi connectivity index (χ1n) is 4.17. The van der Waals surface area contributed by atoms with Gasteiger partial charge in [0, 0.05) is 12.1 Å². The average molecular weight is 241 g/mol. The molecule has 7 heteroatoms. The van der Waals surface area contributed by atoms with Crippen LogP contribution in [0, 0.1) is 11.6 Å². The number of nitrogens with one attached hydrogen (secondary N) is 1. The van der Waals surface area contributed by atoms with Gasteiger partial charge in [-0.15, -0.1) is 0 Å². The standard InChI is InChI=1S/C9H8F5NO/c1-16-8-3-5(10)7(2-6(8)11)15-4-9(12,13)14/h2-3,15H,4H2,1H3. The molecule has 0 bridgehead atoms. The van der Waals surface area contributed by atoms with Crippen molar-refractivity contribution in [3.05, 3.63) is 23.8 Å². The molecule has 0 saturated carbocycles. The van der Waals surface area contributed by atoms with Crippen LogP contribution < -0.4 is 10.1 Å². The first-order chi connectivity index (χ1) is 7.33. The van der Waals surface area contributed by atoms with Gasteiger partial charge < -0.3 is 10.1 Å². The molecule has 1 rings (SSSR count). The SMILES string of the molecule is COc1cc(F)c(NCC(F)(F)F)cc1F. The van der Waals surface area contributed by atoms with Gasteiger partial charge in [-0.2, -0.15) is 13.2 Å². The van der Waals surface area contributed by atoms with Crippen LogP contribution in [-0.4, -0.2) is 19.8 Å². The maximum Gasteiger partial charge on any atom is 0.405 e. The van der Waals surface area contributed by atoms with Gasteiger partial charge in [0.25, 0.3) is 0 Å². The highest BCUT2D eigenvalue weighted by Gasteiger charge is 2.27. The predicted molar refractivity (Wildman–Crippen MR) is 47.5 cm³/mol. The maximum atomic E-state index is 13.1. The Balaban J connectivity index is 2.86. The molecule has 2 nitrogen and oxygen atoms in total. The number of hydrogen-bond donors (Lipinski definition) is 1. The molecule has 0 radical (unpaired) electrons. The van der Waals surface area contributed by atoms with Crippen molar-refractivity contribution in [2.45, 2.75) is 6.18 Å². The lowest BCUT2D eigenvalue weighted by atomic mass is 10.2. The van der Waals surface area contributed by atoms with Gasteiger partial charge >= 0.3 is 6.18 Å². The van der Waals surface area contributed by atoms with E-state index >= 15 is 0 Å². The number of ether oxygens (including phenoxy) is 1. The average Bonchev–Trinajstić information content (AvgIpc) is 2.17. The second kappa shape index (κ2) is 4.54. The molecular formula is C9H8F5NO. The highest BCUT2D eigenvalue weighted by atomic mass is 19.4. The summed E-state index contributed by atoms with van der Waals surface area (Å²) in [6, 6.07) is 1.29. The third-order valence-corrected chi connectivity index (χ3v) is 1.72. The van der Waals surface area contributed by atoms with Gasteiger partial charge in [0.05, 0.1) is 12.8 Å². The number of rotatable bonds is 3. The summed E-state index contributed by atoms with van der Waals surface area (Å²) in [6.45, 7) is -1.43.